The third kappa shape index (κ3) is 3.07. The van der Waals surface area contributed by atoms with E-state index < -0.39 is 5.97 Å². The summed E-state index contributed by atoms with van der Waals surface area (Å²) >= 11 is 6.03. The molecule has 0 aromatic heterocycles. The van der Waals surface area contributed by atoms with E-state index >= 15 is 0 Å². The molecule has 3 rings (SSSR count). The number of hydrogen-bond donors (Lipinski definition) is 2. The molecule has 0 aliphatic rings. The van der Waals surface area contributed by atoms with Crippen LogP contribution in [0.25, 0.3) is 10.8 Å². The molecule has 116 valence electrons. The van der Waals surface area contributed by atoms with E-state index in [1.54, 1.807) is 0 Å². The van der Waals surface area contributed by atoms with Gasteiger partial charge >= 0.3 is 5.97 Å². The van der Waals surface area contributed by atoms with E-state index in [2.05, 4.69) is 0 Å². The maximum Gasteiger partial charge on any atom is 0.339 e. The van der Waals surface area contributed by atoms with Gasteiger partial charge in [-0.2, -0.15) is 0 Å². The average molecular weight is 329 g/mol. The van der Waals surface area contributed by atoms with Gasteiger partial charge in [-0.3, -0.25) is 0 Å². The summed E-state index contributed by atoms with van der Waals surface area (Å²) < 4.78 is 5.66. The molecule has 0 heterocycles. The lowest BCUT2D eigenvalue weighted by atomic mass is 10.1. The molecule has 23 heavy (non-hydrogen) atoms. The van der Waals surface area contributed by atoms with Gasteiger partial charge in [0.25, 0.3) is 0 Å². The fourth-order valence-corrected chi connectivity index (χ4v) is 2.62. The first-order chi connectivity index (χ1) is 11.1. The summed E-state index contributed by atoms with van der Waals surface area (Å²) in [5.74, 6) is -1.39. The van der Waals surface area contributed by atoms with E-state index in [1.807, 2.05) is 42.5 Å². The Bertz CT molecular complexity index is 884. The van der Waals surface area contributed by atoms with Crippen molar-refractivity contribution in [2.24, 2.45) is 0 Å². The van der Waals surface area contributed by atoms with Crippen LogP contribution in [-0.2, 0) is 6.61 Å². The molecule has 0 atom stereocenters. The van der Waals surface area contributed by atoms with Crippen LogP contribution in [-0.4, -0.2) is 16.2 Å². The molecule has 0 aliphatic carbocycles. The van der Waals surface area contributed by atoms with Crippen LogP contribution < -0.4 is 4.74 Å². The number of ether oxygens (including phenoxy) is 1. The fourth-order valence-electron chi connectivity index (χ4n) is 2.40. The second-order valence-electron chi connectivity index (χ2n) is 5.03. The summed E-state index contributed by atoms with van der Waals surface area (Å²) in [6.07, 6.45) is 0. The van der Waals surface area contributed by atoms with Crippen molar-refractivity contribution in [2.75, 3.05) is 0 Å². The van der Waals surface area contributed by atoms with Gasteiger partial charge in [0.05, 0.1) is 5.02 Å². The number of carbonyl (C=O) groups is 1. The van der Waals surface area contributed by atoms with Crippen molar-refractivity contribution in [1.82, 2.24) is 0 Å². The molecule has 0 bridgehead atoms. The van der Waals surface area contributed by atoms with Crippen molar-refractivity contribution >= 4 is 28.3 Å². The minimum absolute atomic E-state index is 0.139. The van der Waals surface area contributed by atoms with Gasteiger partial charge in [-0.05, 0) is 22.4 Å². The van der Waals surface area contributed by atoms with Gasteiger partial charge in [0, 0.05) is 6.07 Å². The zero-order chi connectivity index (χ0) is 16.4. The Morgan fingerprint density at radius 2 is 1.83 bits per heavy atom. The average Bonchev–Trinajstić information content (AvgIpc) is 2.55. The summed E-state index contributed by atoms with van der Waals surface area (Å²) in [5, 5.41) is 21.0. The van der Waals surface area contributed by atoms with Crippen molar-refractivity contribution in [3.8, 4) is 11.5 Å². The van der Waals surface area contributed by atoms with Crippen LogP contribution in [0.4, 0.5) is 0 Å². The van der Waals surface area contributed by atoms with Crippen LogP contribution in [0.3, 0.4) is 0 Å². The summed E-state index contributed by atoms with van der Waals surface area (Å²) in [7, 11) is 0. The second kappa shape index (κ2) is 6.18. The van der Waals surface area contributed by atoms with Crippen LogP contribution in [0.15, 0.2) is 54.6 Å². The van der Waals surface area contributed by atoms with E-state index in [1.165, 1.54) is 12.1 Å². The molecule has 0 fully saturated rings. The monoisotopic (exact) mass is 328 g/mol. The molecule has 3 aromatic carbocycles. The van der Waals surface area contributed by atoms with Gasteiger partial charge in [-0.15, -0.1) is 0 Å². The number of carboxylic acid groups (broad SMARTS) is 1. The van der Waals surface area contributed by atoms with Crippen LogP contribution >= 0.6 is 11.6 Å². The van der Waals surface area contributed by atoms with E-state index in [9.17, 15) is 9.90 Å². The predicted molar refractivity (Wildman–Crippen MR) is 88.4 cm³/mol. The SMILES string of the molecule is O=C(O)c1cc(Cl)c(OCc2cccc3ccccc23)cc1O. The number of benzene rings is 3. The van der Waals surface area contributed by atoms with Gasteiger partial charge in [0.1, 0.15) is 23.7 Å². The van der Waals surface area contributed by atoms with Gasteiger partial charge < -0.3 is 14.9 Å². The van der Waals surface area contributed by atoms with E-state index in [0.29, 0.717) is 0 Å². The number of hydrogen-bond acceptors (Lipinski definition) is 3. The van der Waals surface area contributed by atoms with Crippen LogP contribution in [0.5, 0.6) is 11.5 Å². The molecule has 0 unspecified atom stereocenters. The number of halogens is 1. The lowest BCUT2D eigenvalue weighted by Gasteiger charge is -2.11. The van der Waals surface area contributed by atoms with Crippen molar-refractivity contribution in [1.29, 1.82) is 0 Å². The maximum absolute atomic E-state index is 11.0. The first kappa shape index (κ1) is 15.2. The molecule has 0 saturated carbocycles. The lowest BCUT2D eigenvalue weighted by Crippen LogP contribution is -2.00. The largest absolute Gasteiger partial charge is 0.507 e. The minimum atomic E-state index is -1.25. The van der Waals surface area contributed by atoms with Gasteiger partial charge in [0.15, 0.2) is 0 Å². The molecule has 0 amide bonds. The molecule has 2 N–H and O–H groups in total. The zero-order valence-electron chi connectivity index (χ0n) is 12.0. The Hall–Kier alpha value is -2.72. The molecule has 4 nitrogen and oxygen atoms in total. The molecule has 0 radical (unpaired) electrons. The molecule has 0 aliphatic heterocycles. The standard InChI is InChI=1S/C18H13ClO4/c19-15-8-14(18(21)22)16(20)9-17(15)23-10-12-6-3-5-11-4-1-2-7-13(11)12/h1-9,20H,10H2,(H,21,22). The van der Waals surface area contributed by atoms with Crippen LogP contribution in [0, 0.1) is 0 Å². The van der Waals surface area contributed by atoms with E-state index in [0.717, 1.165) is 16.3 Å². The number of aromatic carboxylic acids is 1. The Balaban J connectivity index is 1.88. The highest BCUT2D eigenvalue weighted by Crippen LogP contribution is 2.33. The topological polar surface area (TPSA) is 66.8 Å². The summed E-state index contributed by atoms with van der Waals surface area (Å²) in [4.78, 5) is 11.0. The number of aromatic hydroxyl groups is 1. The van der Waals surface area contributed by atoms with Gasteiger partial charge in [0.2, 0.25) is 0 Å². The molecule has 0 spiro atoms. The summed E-state index contributed by atoms with van der Waals surface area (Å²) in [6.45, 7) is 0.257. The van der Waals surface area contributed by atoms with Crippen molar-refractivity contribution in [3.05, 3.63) is 70.7 Å². The normalized spacial score (nSPS) is 10.7. The van der Waals surface area contributed by atoms with E-state index in [-0.39, 0.29) is 28.7 Å². The van der Waals surface area contributed by atoms with Crippen molar-refractivity contribution in [3.63, 3.8) is 0 Å². The zero-order valence-corrected chi connectivity index (χ0v) is 12.7. The highest BCUT2D eigenvalue weighted by Gasteiger charge is 2.14. The number of carboxylic acids is 1. The fraction of sp³-hybridized carbons (Fsp3) is 0.0556. The third-order valence-corrected chi connectivity index (χ3v) is 3.84. The molecule has 0 saturated heterocycles. The molecular formula is C18H13ClO4. The third-order valence-electron chi connectivity index (χ3n) is 3.54. The Labute approximate surface area is 137 Å². The maximum atomic E-state index is 11.0. The Kier molecular flexibility index (Phi) is 4.08. The van der Waals surface area contributed by atoms with Crippen LogP contribution in [0.1, 0.15) is 15.9 Å². The molecule has 5 heteroatoms. The molecular weight excluding hydrogens is 316 g/mol. The number of fused-ring (bicyclic) bond motifs is 1. The first-order valence-electron chi connectivity index (χ1n) is 6.91. The Morgan fingerprint density at radius 3 is 2.61 bits per heavy atom. The first-order valence-corrected chi connectivity index (χ1v) is 7.29. The highest BCUT2D eigenvalue weighted by atomic mass is 35.5. The van der Waals surface area contributed by atoms with Gasteiger partial charge in [-0.1, -0.05) is 54.1 Å². The second-order valence-corrected chi connectivity index (χ2v) is 5.44. The lowest BCUT2D eigenvalue weighted by molar-refractivity contribution is 0.0693. The Morgan fingerprint density at radius 1 is 1.09 bits per heavy atom. The highest BCUT2D eigenvalue weighted by molar-refractivity contribution is 6.32. The quantitative estimate of drug-likeness (QED) is 0.741. The predicted octanol–water partition coefficient (Wildman–Crippen LogP) is 4.48. The number of rotatable bonds is 4. The minimum Gasteiger partial charge on any atom is -0.507 e. The summed E-state index contributed by atoms with van der Waals surface area (Å²) in [6, 6.07) is 16.2. The smallest absolute Gasteiger partial charge is 0.339 e. The van der Waals surface area contributed by atoms with Crippen LogP contribution in [0.2, 0.25) is 5.02 Å². The van der Waals surface area contributed by atoms with Crippen molar-refractivity contribution < 1.29 is 19.7 Å². The molecule has 3 aromatic rings. The number of phenols is 1. The van der Waals surface area contributed by atoms with Gasteiger partial charge in [-0.25, -0.2) is 4.79 Å². The summed E-state index contributed by atoms with van der Waals surface area (Å²) in [5.41, 5.74) is 0.716. The van der Waals surface area contributed by atoms with E-state index in [4.69, 9.17) is 21.4 Å². The van der Waals surface area contributed by atoms with Crippen molar-refractivity contribution in [2.45, 2.75) is 6.61 Å².